The zero-order chi connectivity index (χ0) is 13.8. The van der Waals surface area contributed by atoms with Crippen LogP contribution in [0.25, 0.3) is 0 Å². The first kappa shape index (κ1) is 13.3. The van der Waals surface area contributed by atoms with Gasteiger partial charge in [0.2, 0.25) is 0 Å². The van der Waals surface area contributed by atoms with Crippen LogP contribution in [0.15, 0.2) is 33.2 Å². The molecule has 2 aromatic rings. The largest absolute Gasteiger partial charge is 0.382 e. The standard InChI is InChI=1S/C11H14N6OS/c1-2-6-17-10(18)15-16-11(17)19-8-5-3-4-7(14-8)9(12)13/h3-5H,2,6H2,1H3,(H3,12,13)(H,15,18). The van der Waals surface area contributed by atoms with E-state index in [1.807, 2.05) is 6.92 Å². The van der Waals surface area contributed by atoms with Crippen LogP contribution >= 0.6 is 11.8 Å². The Balaban J connectivity index is 2.28. The van der Waals surface area contributed by atoms with Crippen LogP contribution in [0.2, 0.25) is 0 Å². The van der Waals surface area contributed by atoms with Crippen LogP contribution in [0.5, 0.6) is 0 Å². The second-order valence-corrected chi connectivity index (χ2v) is 4.83. The minimum absolute atomic E-state index is 0.0876. The predicted molar refractivity (Wildman–Crippen MR) is 72.5 cm³/mol. The van der Waals surface area contributed by atoms with Gasteiger partial charge in [0, 0.05) is 6.54 Å². The topological polar surface area (TPSA) is 113 Å². The molecule has 0 atom stereocenters. The van der Waals surface area contributed by atoms with E-state index in [2.05, 4.69) is 15.2 Å². The quantitative estimate of drug-likeness (QED) is 0.553. The van der Waals surface area contributed by atoms with Crippen molar-refractivity contribution in [2.45, 2.75) is 30.1 Å². The van der Waals surface area contributed by atoms with Crippen LogP contribution in [0.3, 0.4) is 0 Å². The third kappa shape index (κ3) is 3.02. The van der Waals surface area contributed by atoms with Crippen LogP contribution < -0.4 is 11.4 Å². The molecule has 19 heavy (non-hydrogen) atoms. The highest BCUT2D eigenvalue weighted by molar-refractivity contribution is 7.99. The lowest BCUT2D eigenvalue weighted by Gasteiger charge is -2.04. The molecule has 8 heteroatoms. The summed E-state index contributed by atoms with van der Waals surface area (Å²) in [6.45, 7) is 2.59. The molecule has 0 spiro atoms. The second-order valence-electron chi connectivity index (χ2n) is 3.84. The smallest absolute Gasteiger partial charge is 0.343 e. The minimum Gasteiger partial charge on any atom is -0.382 e. The number of rotatable bonds is 5. The summed E-state index contributed by atoms with van der Waals surface area (Å²) in [6.07, 6.45) is 0.841. The molecule has 0 fully saturated rings. The molecule has 0 aliphatic rings. The second kappa shape index (κ2) is 5.70. The van der Waals surface area contributed by atoms with Gasteiger partial charge in [-0.05, 0) is 30.3 Å². The summed E-state index contributed by atoms with van der Waals surface area (Å²) in [5, 5.41) is 14.9. The van der Waals surface area contributed by atoms with E-state index in [1.54, 1.807) is 22.8 Å². The van der Waals surface area contributed by atoms with E-state index in [-0.39, 0.29) is 11.5 Å². The van der Waals surface area contributed by atoms with E-state index >= 15 is 0 Å². The minimum atomic E-state index is -0.230. The lowest BCUT2D eigenvalue weighted by Crippen LogP contribution is -2.17. The number of pyridine rings is 1. The average molecular weight is 278 g/mol. The zero-order valence-corrected chi connectivity index (χ0v) is 11.2. The Hall–Kier alpha value is -2.09. The lowest BCUT2D eigenvalue weighted by atomic mass is 10.3. The van der Waals surface area contributed by atoms with Crippen molar-refractivity contribution in [2.75, 3.05) is 0 Å². The highest BCUT2D eigenvalue weighted by atomic mass is 32.2. The number of nitrogen functional groups attached to an aromatic ring is 1. The average Bonchev–Trinajstić information content (AvgIpc) is 2.72. The molecule has 7 nitrogen and oxygen atoms in total. The Bertz CT molecular complexity index is 647. The van der Waals surface area contributed by atoms with Gasteiger partial charge in [-0.3, -0.25) is 9.98 Å². The molecule has 4 N–H and O–H groups in total. The molecule has 0 aliphatic heterocycles. The fourth-order valence-corrected chi connectivity index (χ4v) is 2.37. The molecule has 2 aromatic heterocycles. The molecule has 0 bridgehead atoms. The van der Waals surface area contributed by atoms with Crippen LogP contribution in [-0.4, -0.2) is 25.6 Å². The summed E-state index contributed by atoms with van der Waals surface area (Å²) >= 11 is 1.26. The van der Waals surface area contributed by atoms with Crippen molar-refractivity contribution in [3.63, 3.8) is 0 Å². The summed E-state index contributed by atoms with van der Waals surface area (Å²) in [5.41, 5.74) is 5.57. The van der Waals surface area contributed by atoms with Gasteiger partial charge in [0.05, 0.1) is 0 Å². The Kier molecular flexibility index (Phi) is 4.00. The van der Waals surface area contributed by atoms with E-state index in [9.17, 15) is 4.79 Å². The Morgan fingerprint density at radius 1 is 1.58 bits per heavy atom. The molecule has 2 heterocycles. The van der Waals surface area contributed by atoms with Crippen molar-refractivity contribution < 1.29 is 0 Å². The number of aromatic amines is 1. The fraction of sp³-hybridized carbons (Fsp3) is 0.273. The third-order valence-corrected chi connectivity index (χ3v) is 3.30. The Labute approximate surface area is 113 Å². The highest BCUT2D eigenvalue weighted by Crippen LogP contribution is 2.23. The molecule has 0 aromatic carbocycles. The van der Waals surface area contributed by atoms with Gasteiger partial charge in [-0.2, -0.15) is 0 Å². The molecular formula is C11H14N6OS. The summed E-state index contributed by atoms with van der Waals surface area (Å²) in [6, 6.07) is 5.21. The molecule has 0 amide bonds. The molecule has 0 saturated heterocycles. The summed E-state index contributed by atoms with van der Waals surface area (Å²) in [5.74, 6) is -0.0876. The number of amidine groups is 1. The maximum atomic E-state index is 11.6. The molecule has 0 aliphatic carbocycles. The Morgan fingerprint density at radius 2 is 2.37 bits per heavy atom. The predicted octanol–water partition coefficient (Wildman–Crippen LogP) is 0.812. The Morgan fingerprint density at radius 3 is 3.05 bits per heavy atom. The van der Waals surface area contributed by atoms with Crippen LogP contribution in [0.1, 0.15) is 19.0 Å². The van der Waals surface area contributed by atoms with Crippen molar-refractivity contribution in [2.24, 2.45) is 5.73 Å². The van der Waals surface area contributed by atoms with Gasteiger partial charge in [-0.1, -0.05) is 13.0 Å². The number of hydrogen-bond acceptors (Lipinski definition) is 5. The highest BCUT2D eigenvalue weighted by Gasteiger charge is 2.10. The van der Waals surface area contributed by atoms with Crippen LogP contribution in [0.4, 0.5) is 0 Å². The van der Waals surface area contributed by atoms with Gasteiger partial charge in [0.25, 0.3) is 0 Å². The number of nitrogens with two attached hydrogens (primary N) is 1. The molecular weight excluding hydrogens is 264 g/mol. The van der Waals surface area contributed by atoms with Crippen molar-refractivity contribution >= 4 is 17.6 Å². The molecule has 0 saturated carbocycles. The van der Waals surface area contributed by atoms with E-state index < -0.39 is 0 Å². The first-order valence-corrected chi connectivity index (χ1v) is 6.58. The zero-order valence-electron chi connectivity index (χ0n) is 10.4. The van der Waals surface area contributed by atoms with Gasteiger partial charge < -0.3 is 5.73 Å². The number of hydrogen-bond donors (Lipinski definition) is 3. The summed E-state index contributed by atoms with van der Waals surface area (Å²) in [7, 11) is 0. The van der Waals surface area contributed by atoms with Crippen molar-refractivity contribution in [1.82, 2.24) is 19.7 Å². The van der Waals surface area contributed by atoms with Crippen molar-refractivity contribution in [3.05, 3.63) is 34.4 Å². The van der Waals surface area contributed by atoms with Gasteiger partial charge >= 0.3 is 5.69 Å². The fourth-order valence-electron chi connectivity index (χ4n) is 1.52. The maximum Gasteiger partial charge on any atom is 0.343 e. The first-order valence-electron chi connectivity index (χ1n) is 5.76. The van der Waals surface area contributed by atoms with Crippen molar-refractivity contribution in [3.8, 4) is 0 Å². The van der Waals surface area contributed by atoms with E-state index in [1.165, 1.54) is 11.8 Å². The number of nitrogens with one attached hydrogen (secondary N) is 2. The normalized spacial score (nSPS) is 10.6. The third-order valence-electron chi connectivity index (χ3n) is 2.37. The van der Waals surface area contributed by atoms with E-state index in [0.29, 0.717) is 22.4 Å². The summed E-state index contributed by atoms with van der Waals surface area (Å²) in [4.78, 5) is 15.8. The van der Waals surface area contributed by atoms with Gasteiger partial charge in [-0.25, -0.2) is 14.9 Å². The van der Waals surface area contributed by atoms with Crippen LogP contribution in [0, 0.1) is 5.41 Å². The molecule has 100 valence electrons. The number of nitrogens with zero attached hydrogens (tertiary/aromatic N) is 3. The van der Waals surface area contributed by atoms with Gasteiger partial charge in [0.15, 0.2) is 5.16 Å². The van der Waals surface area contributed by atoms with E-state index in [0.717, 1.165) is 6.42 Å². The maximum absolute atomic E-state index is 11.6. The first-order chi connectivity index (χ1) is 9.11. The molecule has 2 rings (SSSR count). The van der Waals surface area contributed by atoms with Crippen molar-refractivity contribution in [1.29, 1.82) is 5.41 Å². The molecule has 0 unspecified atom stereocenters. The number of aromatic nitrogens is 4. The number of H-pyrrole nitrogens is 1. The monoisotopic (exact) mass is 278 g/mol. The SMILES string of the molecule is CCCn1c(Sc2cccc(C(=N)N)n2)n[nH]c1=O. The van der Waals surface area contributed by atoms with Crippen LogP contribution in [-0.2, 0) is 6.54 Å². The van der Waals surface area contributed by atoms with Gasteiger partial charge in [-0.15, -0.1) is 5.10 Å². The summed E-state index contributed by atoms with van der Waals surface area (Å²) < 4.78 is 1.56. The lowest BCUT2D eigenvalue weighted by molar-refractivity contribution is 0.603. The van der Waals surface area contributed by atoms with Gasteiger partial charge in [0.1, 0.15) is 16.6 Å². The van der Waals surface area contributed by atoms with E-state index in [4.69, 9.17) is 11.1 Å². The molecule has 0 radical (unpaired) electrons.